The van der Waals surface area contributed by atoms with Crippen molar-refractivity contribution in [3.05, 3.63) is 6.20 Å². The number of aliphatic hydroxyl groups excluding tert-OH is 1. The van der Waals surface area contributed by atoms with Gasteiger partial charge in [-0.3, -0.25) is 5.10 Å². The lowest BCUT2D eigenvalue weighted by Crippen LogP contribution is -2.33. The summed E-state index contributed by atoms with van der Waals surface area (Å²) in [6.45, 7) is 1.51. The normalized spacial score (nSPS) is 14.4. The van der Waals surface area contributed by atoms with Gasteiger partial charge in [0.1, 0.15) is 10.7 Å². The van der Waals surface area contributed by atoms with Gasteiger partial charge in [-0.2, -0.15) is 9.40 Å². The Morgan fingerprint density at radius 2 is 2.33 bits per heavy atom. The van der Waals surface area contributed by atoms with Crippen molar-refractivity contribution in [2.75, 3.05) is 19.3 Å². The lowest BCUT2D eigenvalue weighted by atomic mass is 10.4. The summed E-state index contributed by atoms with van der Waals surface area (Å²) in [7, 11) is -2.30. The second-order valence-corrected chi connectivity index (χ2v) is 5.30. The zero-order chi connectivity index (χ0) is 11.6. The minimum Gasteiger partial charge on any atom is -0.392 e. The number of aromatic nitrogens is 2. The van der Waals surface area contributed by atoms with Crippen molar-refractivity contribution in [1.82, 2.24) is 14.5 Å². The lowest BCUT2D eigenvalue weighted by Gasteiger charge is -2.17. The summed E-state index contributed by atoms with van der Waals surface area (Å²) in [5.74, 6) is -0.00700. The monoisotopic (exact) mass is 234 g/mol. The molecule has 7 nitrogen and oxygen atoms in total. The van der Waals surface area contributed by atoms with Crippen LogP contribution in [0.25, 0.3) is 0 Å². The largest absolute Gasteiger partial charge is 0.392 e. The summed E-state index contributed by atoms with van der Waals surface area (Å²) < 4.78 is 24.7. The Morgan fingerprint density at radius 1 is 1.73 bits per heavy atom. The second-order valence-electron chi connectivity index (χ2n) is 3.28. The fourth-order valence-corrected chi connectivity index (χ4v) is 2.39. The van der Waals surface area contributed by atoms with Crippen LogP contribution >= 0.6 is 0 Å². The van der Waals surface area contributed by atoms with Crippen LogP contribution in [-0.2, 0) is 10.0 Å². The maximum Gasteiger partial charge on any atom is 0.248 e. The minimum absolute atomic E-state index is 0.00690. The van der Waals surface area contributed by atoms with E-state index in [-0.39, 0.29) is 17.3 Å². The molecular weight excluding hydrogens is 220 g/mol. The molecule has 0 fully saturated rings. The number of H-pyrrole nitrogens is 1. The molecular formula is C7H14N4O3S. The van der Waals surface area contributed by atoms with Gasteiger partial charge in [-0.15, -0.1) is 0 Å². The van der Waals surface area contributed by atoms with E-state index in [1.807, 2.05) is 0 Å². The second kappa shape index (κ2) is 4.17. The molecule has 1 atom stereocenters. The average Bonchev–Trinajstić information content (AvgIpc) is 2.50. The molecule has 1 unspecified atom stereocenters. The Balaban J connectivity index is 2.99. The van der Waals surface area contributed by atoms with Crippen molar-refractivity contribution in [2.45, 2.75) is 17.9 Å². The van der Waals surface area contributed by atoms with Crippen molar-refractivity contribution in [3.8, 4) is 0 Å². The first-order chi connectivity index (χ1) is 6.85. The molecule has 0 aliphatic rings. The van der Waals surface area contributed by atoms with Crippen LogP contribution in [0.5, 0.6) is 0 Å². The summed E-state index contributed by atoms with van der Waals surface area (Å²) in [6, 6.07) is 0. The first-order valence-electron chi connectivity index (χ1n) is 4.29. The van der Waals surface area contributed by atoms with Crippen LogP contribution in [0.1, 0.15) is 6.92 Å². The lowest BCUT2D eigenvalue weighted by molar-refractivity contribution is 0.171. The van der Waals surface area contributed by atoms with E-state index in [1.165, 1.54) is 14.0 Å². The van der Waals surface area contributed by atoms with Crippen molar-refractivity contribution in [2.24, 2.45) is 0 Å². The van der Waals surface area contributed by atoms with Crippen LogP contribution in [0, 0.1) is 0 Å². The number of hydrogen-bond acceptors (Lipinski definition) is 5. The number of nitrogens with one attached hydrogen (secondary N) is 1. The highest BCUT2D eigenvalue weighted by atomic mass is 32.2. The molecule has 15 heavy (non-hydrogen) atoms. The summed E-state index contributed by atoms with van der Waals surface area (Å²) in [4.78, 5) is -0.0781. The number of anilines is 1. The molecule has 86 valence electrons. The van der Waals surface area contributed by atoms with E-state index in [0.717, 1.165) is 10.5 Å². The molecule has 0 spiro atoms. The molecule has 1 aromatic rings. The van der Waals surface area contributed by atoms with Gasteiger partial charge in [-0.1, -0.05) is 0 Å². The summed E-state index contributed by atoms with van der Waals surface area (Å²) in [5, 5.41) is 15.0. The van der Waals surface area contributed by atoms with Crippen molar-refractivity contribution in [1.29, 1.82) is 0 Å². The van der Waals surface area contributed by atoms with Gasteiger partial charge in [0.15, 0.2) is 0 Å². The van der Waals surface area contributed by atoms with E-state index >= 15 is 0 Å². The van der Waals surface area contributed by atoms with E-state index in [2.05, 4.69) is 10.2 Å². The highest BCUT2D eigenvalue weighted by Gasteiger charge is 2.25. The summed E-state index contributed by atoms with van der Waals surface area (Å²) >= 11 is 0. The van der Waals surface area contributed by atoms with E-state index in [9.17, 15) is 8.42 Å². The molecule has 0 bridgehead atoms. The standard InChI is InChI=1S/C7H14N4O3S/c1-5(12)4-11(2)15(13,14)6-3-9-10-7(6)8/h3,5,12H,4H2,1-2H3,(H3,8,9,10). The van der Waals surface area contributed by atoms with Gasteiger partial charge >= 0.3 is 0 Å². The van der Waals surface area contributed by atoms with Crippen molar-refractivity contribution >= 4 is 15.8 Å². The van der Waals surface area contributed by atoms with Gasteiger partial charge in [0.2, 0.25) is 10.0 Å². The van der Waals surface area contributed by atoms with Crippen LogP contribution in [0.4, 0.5) is 5.82 Å². The number of hydrogen-bond donors (Lipinski definition) is 3. The van der Waals surface area contributed by atoms with Crippen LogP contribution in [0.2, 0.25) is 0 Å². The van der Waals surface area contributed by atoms with E-state index in [1.54, 1.807) is 0 Å². The van der Waals surface area contributed by atoms with E-state index in [4.69, 9.17) is 10.8 Å². The SMILES string of the molecule is CC(O)CN(C)S(=O)(=O)c1cn[nH]c1N. The molecule has 0 aromatic carbocycles. The van der Waals surface area contributed by atoms with Crippen LogP contribution in [-0.4, -0.2) is 47.7 Å². The number of aliphatic hydroxyl groups is 1. The first kappa shape index (κ1) is 12.0. The number of aromatic amines is 1. The third-order valence-corrected chi connectivity index (χ3v) is 3.69. The maximum atomic E-state index is 11.8. The molecule has 0 aliphatic carbocycles. The Bertz CT molecular complexity index is 425. The number of nitrogen functional groups attached to an aromatic ring is 1. The number of sulfonamides is 1. The highest BCUT2D eigenvalue weighted by molar-refractivity contribution is 7.89. The third kappa shape index (κ3) is 2.46. The molecule has 1 rings (SSSR count). The van der Waals surface area contributed by atoms with Crippen LogP contribution in [0.3, 0.4) is 0 Å². The Morgan fingerprint density at radius 3 is 2.73 bits per heavy atom. The fourth-order valence-electron chi connectivity index (χ4n) is 1.13. The maximum absolute atomic E-state index is 11.8. The highest BCUT2D eigenvalue weighted by Crippen LogP contribution is 2.18. The molecule has 0 radical (unpaired) electrons. The zero-order valence-corrected chi connectivity index (χ0v) is 9.32. The molecule has 0 saturated heterocycles. The predicted molar refractivity (Wildman–Crippen MR) is 54.5 cm³/mol. The quantitative estimate of drug-likeness (QED) is 0.618. The summed E-state index contributed by atoms with van der Waals surface area (Å²) in [6.07, 6.45) is 0.404. The molecule has 1 heterocycles. The number of likely N-dealkylation sites (N-methyl/N-ethyl adjacent to an activating group) is 1. The topological polar surface area (TPSA) is 112 Å². The number of nitrogens with two attached hydrogens (primary N) is 1. The molecule has 0 amide bonds. The van der Waals surface area contributed by atoms with E-state index in [0.29, 0.717) is 0 Å². The first-order valence-corrected chi connectivity index (χ1v) is 5.73. The van der Waals surface area contributed by atoms with Gasteiger partial charge in [0.05, 0.1) is 12.3 Å². The zero-order valence-electron chi connectivity index (χ0n) is 8.51. The predicted octanol–water partition coefficient (Wildman–Crippen LogP) is -1.01. The van der Waals surface area contributed by atoms with Gasteiger partial charge in [-0.05, 0) is 6.92 Å². The van der Waals surface area contributed by atoms with Crippen molar-refractivity contribution in [3.63, 3.8) is 0 Å². The van der Waals surface area contributed by atoms with Gasteiger partial charge < -0.3 is 10.8 Å². The van der Waals surface area contributed by atoms with Crippen LogP contribution in [0.15, 0.2) is 11.1 Å². The number of nitrogens with zero attached hydrogens (tertiary/aromatic N) is 2. The Kier molecular flexibility index (Phi) is 3.32. The molecule has 4 N–H and O–H groups in total. The minimum atomic E-state index is -3.67. The van der Waals surface area contributed by atoms with E-state index < -0.39 is 16.1 Å². The van der Waals surface area contributed by atoms with Gasteiger partial charge in [-0.25, -0.2) is 8.42 Å². The third-order valence-electron chi connectivity index (χ3n) is 1.84. The van der Waals surface area contributed by atoms with Gasteiger partial charge in [0.25, 0.3) is 0 Å². The molecule has 0 aliphatic heterocycles. The number of rotatable bonds is 4. The molecule has 0 saturated carbocycles. The Hall–Kier alpha value is -1.12. The van der Waals surface area contributed by atoms with Crippen LogP contribution < -0.4 is 5.73 Å². The molecule has 1 aromatic heterocycles. The van der Waals surface area contributed by atoms with Crippen molar-refractivity contribution < 1.29 is 13.5 Å². The fraction of sp³-hybridized carbons (Fsp3) is 0.571. The smallest absolute Gasteiger partial charge is 0.248 e. The summed E-state index contributed by atoms with van der Waals surface area (Å²) in [5.41, 5.74) is 5.41. The average molecular weight is 234 g/mol. The molecule has 8 heteroatoms. The Labute approximate surface area is 87.9 Å². The van der Waals surface area contributed by atoms with Gasteiger partial charge in [0, 0.05) is 13.6 Å².